The lowest BCUT2D eigenvalue weighted by Crippen LogP contribution is -2.03. The fourth-order valence-electron chi connectivity index (χ4n) is 1.09. The van der Waals surface area contributed by atoms with E-state index in [1.54, 1.807) is 35.2 Å². The molecule has 0 aliphatic rings. The molecule has 2 rings (SSSR count). The third kappa shape index (κ3) is 2.57. The van der Waals surface area contributed by atoms with E-state index in [-0.39, 0.29) is 0 Å². The second-order valence-corrected chi connectivity index (χ2v) is 4.25. The molecule has 0 aliphatic heterocycles. The fraction of sp³-hybridized carbons (Fsp3) is 0.111. The number of nitrogens with two attached hydrogens (primary N) is 1. The van der Waals surface area contributed by atoms with Gasteiger partial charge in [0.1, 0.15) is 5.15 Å². The van der Waals surface area contributed by atoms with Gasteiger partial charge < -0.3 is 11.1 Å². The molecule has 0 fully saturated rings. The fourth-order valence-corrected chi connectivity index (χ4v) is 1.77. The van der Waals surface area contributed by atoms with E-state index in [1.807, 2.05) is 0 Å². The Morgan fingerprint density at radius 2 is 2.33 bits per heavy atom. The second-order valence-electron chi connectivity index (χ2n) is 2.89. The summed E-state index contributed by atoms with van der Waals surface area (Å²) in [5.74, 6) is 0.607. The quantitative estimate of drug-likeness (QED) is 0.809. The first-order valence-corrected chi connectivity index (χ1v) is 5.55. The number of hydrogen-bond acceptors (Lipinski definition) is 5. The lowest BCUT2D eigenvalue weighted by Gasteiger charge is -2.06. The van der Waals surface area contributed by atoms with E-state index in [0.29, 0.717) is 23.2 Å². The third-order valence-electron chi connectivity index (χ3n) is 1.81. The van der Waals surface area contributed by atoms with Crippen LogP contribution in [0.2, 0.25) is 5.15 Å². The maximum Gasteiger partial charge on any atom is 0.151 e. The average Bonchev–Trinajstić information content (AvgIpc) is 2.72. The third-order valence-corrected chi connectivity index (χ3v) is 2.80. The number of hydrogen-bond donors (Lipinski definition) is 2. The number of nitrogen functional groups attached to an aromatic ring is 1. The highest BCUT2D eigenvalue weighted by Gasteiger charge is 2.02. The van der Waals surface area contributed by atoms with Crippen LogP contribution < -0.4 is 11.1 Å². The summed E-state index contributed by atoms with van der Waals surface area (Å²) in [5, 5.41) is 3.53. The minimum atomic E-state index is 0.427. The monoisotopic (exact) mass is 240 g/mol. The molecule has 0 bridgehead atoms. The lowest BCUT2D eigenvalue weighted by atomic mass is 10.4. The molecular weight excluding hydrogens is 232 g/mol. The molecule has 0 amide bonds. The van der Waals surface area contributed by atoms with Crippen LogP contribution in [0, 0.1) is 0 Å². The standard InChI is InChI=1S/C9H9ClN4S/c10-8-2-1-7(11)9(14-8)13-4-6-3-12-5-15-6/h1-3,5H,4,11H2,(H,13,14). The Balaban J connectivity index is 2.07. The molecule has 15 heavy (non-hydrogen) atoms. The van der Waals surface area contributed by atoms with Gasteiger partial charge in [-0.15, -0.1) is 11.3 Å². The summed E-state index contributed by atoms with van der Waals surface area (Å²) in [6.07, 6.45) is 1.80. The van der Waals surface area contributed by atoms with Crippen LogP contribution in [0.25, 0.3) is 0 Å². The van der Waals surface area contributed by atoms with Gasteiger partial charge in [-0.3, -0.25) is 4.98 Å². The van der Waals surface area contributed by atoms with Crippen molar-refractivity contribution in [2.24, 2.45) is 0 Å². The Kier molecular flexibility index (Phi) is 3.03. The zero-order valence-corrected chi connectivity index (χ0v) is 9.35. The first-order valence-electron chi connectivity index (χ1n) is 4.29. The first-order chi connectivity index (χ1) is 7.25. The van der Waals surface area contributed by atoms with Gasteiger partial charge in [0.2, 0.25) is 0 Å². The molecule has 0 spiro atoms. The number of aromatic nitrogens is 2. The molecule has 78 valence electrons. The molecule has 2 aromatic rings. The molecule has 0 aliphatic carbocycles. The van der Waals surface area contributed by atoms with Crippen LogP contribution in [0.1, 0.15) is 4.88 Å². The summed E-state index contributed by atoms with van der Waals surface area (Å²) < 4.78 is 0. The van der Waals surface area contributed by atoms with E-state index in [1.165, 1.54) is 0 Å². The van der Waals surface area contributed by atoms with Crippen molar-refractivity contribution in [2.45, 2.75) is 6.54 Å². The number of pyridine rings is 1. The van der Waals surface area contributed by atoms with Crippen LogP contribution in [0.15, 0.2) is 23.8 Å². The highest BCUT2D eigenvalue weighted by atomic mass is 35.5. The summed E-state index contributed by atoms with van der Waals surface area (Å²) in [5.41, 5.74) is 8.10. The van der Waals surface area contributed by atoms with Crippen molar-refractivity contribution in [3.8, 4) is 0 Å². The molecule has 3 N–H and O–H groups in total. The van der Waals surface area contributed by atoms with Crippen molar-refractivity contribution < 1.29 is 0 Å². The molecule has 0 saturated heterocycles. The van der Waals surface area contributed by atoms with Crippen molar-refractivity contribution in [1.29, 1.82) is 0 Å². The van der Waals surface area contributed by atoms with E-state index in [0.717, 1.165) is 4.88 Å². The van der Waals surface area contributed by atoms with Crippen molar-refractivity contribution in [1.82, 2.24) is 9.97 Å². The zero-order chi connectivity index (χ0) is 10.7. The zero-order valence-electron chi connectivity index (χ0n) is 7.77. The van der Waals surface area contributed by atoms with Gasteiger partial charge in [0.15, 0.2) is 5.82 Å². The summed E-state index contributed by atoms with van der Waals surface area (Å²) in [6.45, 7) is 0.655. The molecule has 0 atom stereocenters. The minimum absolute atomic E-state index is 0.427. The van der Waals surface area contributed by atoms with Crippen molar-refractivity contribution in [3.05, 3.63) is 33.9 Å². The summed E-state index contributed by atoms with van der Waals surface area (Å²) >= 11 is 7.34. The van der Waals surface area contributed by atoms with Crippen molar-refractivity contribution in [3.63, 3.8) is 0 Å². The Bertz CT molecular complexity index is 443. The van der Waals surface area contributed by atoms with Gasteiger partial charge in [-0.2, -0.15) is 0 Å². The highest BCUT2D eigenvalue weighted by molar-refractivity contribution is 7.09. The van der Waals surface area contributed by atoms with Crippen molar-refractivity contribution in [2.75, 3.05) is 11.1 Å². The first kappa shape index (κ1) is 10.2. The van der Waals surface area contributed by atoms with Gasteiger partial charge >= 0.3 is 0 Å². The maximum atomic E-state index is 5.76. The number of nitrogens with one attached hydrogen (secondary N) is 1. The summed E-state index contributed by atoms with van der Waals surface area (Å²) in [6, 6.07) is 3.39. The topological polar surface area (TPSA) is 63.8 Å². The van der Waals surface area contributed by atoms with Crippen LogP contribution in [0.3, 0.4) is 0 Å². The van der Waals surface area contributed by atoms with Gasteiger partial charge in [-0.05, 0) is 12.1 Å². The molecular formula is C9H9ClN4S. The highest BCUT2D eigenvalue weighted by Crippen LogP contribution is 2.19. The summed E-state index contributed by atoms with van der Waals surface area (Å²) in [4.78, 5) is 9.18. The Morgan fingerprint density at radius 3 is 3.07 bits per heavy atom. The number of rotatable bonds is 3. The second kappa shape index (κ2) is 4.46. The minimum Gasteiger partial charge on any atom is -0.396 e. The average molecular weight is 241 g/mol. The van der Waals surface area contributed by atoms with Gasteiger partial charge in [0.25, 0.3) is 0 Å². The van der Waals surface area contributed by atoms with E-state index < -0.39 is 0 Å². The van der Waals surface area contributed by atoms with Gasteiger partial charge in [0, 0.05) is 11.1 Å². The number of halogens is 1. The number of anilines is 2. The summed E-state index contributed by atoms with van der Waals surface area (Å²) in [7, 11) is 0. The number of nitrogens with zero attached hydrogens (tertiary/aromatic N) is 2. The predicted octanol–water partition coefficient (Wildman–Crippen LogP) is 2.39. The Labute approximate surface area is 96.1 Å². The maximum absolute atomic E-state index is 5.76. The van der Waals surface area contributed by atoms with E-state index in [4.69, 9.17) is 17.3 Å². The van der Waals surface area contributed by atoms with Crippen LogP contribution in [0.5, 0.6) is 0 Å². The molecule has 0 unspecified atom stereocenters. The molecule has 0 radical (unpaired) electrons. The predicted molar refractivity (Wildman–Crippen MR) is 63.1 cm³/mol. The van der Waals surface area contributed by atoms with E-state index in [9.17, 15) is 0 Å². The molecule has 0 saturated carbocycles. The molecule has 2 aromatic heterocycles. The van der Waals surface area contributed by atoms with Crippen LogP contribution in [0.4, 0.5) is 11.5 Å². The number of thiazole rings is 1. The SMILES string of the molecule is Nc1ccc(Cl)nc1NCc1cncs1. The Hall–Kier alpha value is -1.33. The normalized spacial score (nSPS) is 10.2. The van der Waals surface area contributed by atoms with E-state index >= 15 is 0 Å². The molecule has 0 aromatic carbocycles. The largest absolute Gasteiger partial charge is 0.396 e. The smallest absolute Gasteiger partial charge is 0.151 e. The van der Waals surface area contributed by atoms with Gasteiger partial charge in [-0.25, -0.2) is 4.98 Å². The molecule has 6 heteroatoms. The Morgan fingerprint density at radius 1 is 1.47 bits per heavy atom. The van der Waals surface area contributed by atoms with E-state index in [2.05, 4.69) is 15.3 Å². The lowest BCUT2D eigenvalue weighted by molar-refractivity contribution is 1.13. The van der Waals surface area contributed by atoms with Crippen LogP contribution in [-0.2, 0) is 6.54 Å². The van der Waals surface area contributed by atoms with Gasteiger partial charge in [-0.1, -0.05) is 11.6 Å². The molecule has 2 heterocycles. The van der Waals surface area contributed by atoms with Crippen LogP contribution in [-0.4, -0.2) is 9.97 Å². The van der Waals surface area contributed by atoms with Gasteiger partial charge in [0.05, 0.1) is 17.7 Å². The molecule has 4 nitrogen and oxygen atoms in total. The van der Waals surface area contributed by atoms with Crippen molar-refractivity contribution >= 4 is 34.4 Å². The van der Waals surface area contributed by atoms with Crippen LogP contribution >= 0.6 is 22.9 Å².